The SMILES string of the molecule is CCc1cccc(-c2cc(CC)cc(O)c2CC)c1. The predicted octanol–water partition coefficient (Wildman–Crippen LogP) is 4.75. The van der Waals surface area contributed by atoms with Gasteiger partial charge < -0.3 is 5.11 Å². The predicted molar refractivity (Wildman–Crippen MR) is 81.7 cm³/mol. The van der Waals surface area contributed by atoms with Crippen LogP contribution < -0.4 is 0 Å². The molecule has 0 aliphatic rings. The molecule has 0 unspecified atom stereocenters. The highest BCUT2D eigenvalue weighted by atomic mass is 16.3. The summed E-state index contributed by atoms with van der Waals surface area (Å²) in [6, 6.07) is 12.7. The van der Waals surface area contributed by atoms with Crippen LogP contribution in [0.1, 0.15) is 37.5 Å². The average molecular weight is 254 g/mol. The first-order chi connectivity index (χ1) is 9.19. The van der Waals surface area contributed by atoms with Crippen LogP contribution in [0.25, 0.3) is 11.1 Å². The minimum Gasteiger partial charge on any atom is -0.508 e. The summed E-state index contributed by atoms with van der Waals surface area (Å²) in [6.45, 7) is 6.38. The molecule has 2 aromatic carbocycles. The zero-order chi connectivity index (χ0) is 13.8. The van der Waals surface area contributed by atoms with Crippen molar-refractivity contribution in [2.45, 2.75) is 40.0 Å². The molecule has 0 fully saturated rings. The van der Waals surface area contributed by atoms with Gasteiger partial charge in [-0.05, 0) is 47.6 Å². The Morgan fingerprint density at radius 2 is 1.58 bits per heavy atom. The Kier molecular flexibility index (Phi) is 4.26. The van der Waals surface area contributed by atoms with Crippen LogP contribution in [0.3, 0.4) is 0 Å². The van der Waals surface area contributed by atoms with Crippen LogP contribution in [-0.2, 0) is 19.3 Å². The molecule has 2 aromatic rings. The van der Waals surface area contributed by atoms with Crippen molar-refractivity contribution < 1.29 is 5.11 Å². The van der Waals surface area contributed by atoms with E-state index in [-0.39, 0.29) is 0 Å². The Morgan fingerprint density at radius 1 is 0.842 bits per heavy atom. The Morgan fingerprint density at radius 3 is 2.21 bits per heavy atom. The fraction of sp³-hybridized carbons (Fsp3) is 0.333. The number of aromatic hydroxyl groups is 1. The first kappa shape index (κ1) is 13.7. The van der Waals surface area contributed by atoms with Crippen molar-refractivity contribution in [3.8, 4) is 16.9 Å². The molecular formula is C18H22O. The lowest BCUT2D eigenvalue weighted by molar-refractivity contribution is 0.468. The third kappa shape index (κ3) is 2.81. The van der Waals surface area contributed by atoms with E-state index in [0.717, 1.165) is 24.8 Å². The van der Waals surface area contributed by atoms with Gasteiger partial charge in [-0.1, -0.05) is 51.1 Å². The zero-order valence-corrected chi connectivity index (χ0v) is 12.0. The van der Waals surface area contributed by atoms with E-state index in [9.17, 15) is 5.11 Å². The second kappa shape index (κ2) is 5.92. The van der Waals surface area contributed by atoms with Gasteiger partial charge in [-0.3, -0.25) is 0 Å². The van der Waals surface area contributed by atoms with Crippen LogP contribution >= 0.6 is 0 Å². The summed E-state index contributed by atoms with van der Waals surface area (Å²) in [4.78, 5) is 0. The van der Waals surface area contributed by atoms with E-state index in [0.29, 0.717) is 5.75 Å². The highest BCUT2D eigenvalue weighted by molar-refractivity contribution is 5.71. The summed E-state index contributed by atoms with van der Waals surface area (Å²) in [7, 11) is 0. The Hall–Kier alpha value is -1.76. The molecule has 1 nitrogen and oxygen atoms in total. The monoisotopic (exact) mass is 254 g/mol. The van der Waals surface area contributed by atoms with Crippen molar-refractivity contribution in [1.82, 2.24) is 0 Å². The van der Waals surface area contributed by atoms with Crippen LogP contribution in [0.4, 0.5) is 0 Å². The molecule has 1 N–H and O–H groups in total. The van der Waals surface area contributed by atoms with E-state index >= 15 is 0 Å². The van der Waals surface area contributed by atoms with Crippen LogP contribution in [0, 0.1) is 0 Å². The fourth-order valence-electron chi connectivity index (χ4n) is 2.51. The summed E-state index contributed by atoms with van der Waals surface area (Å²) < 4.78 is 0. The topological polar surface area (TPSA) is 20.2 Å². The molecule has 0 bridgehead atoms. The van der Waals surface area contributed by atoms with E-state index in [1.165, 1.54) is 22.3 Å². The lowest BCUT2D eigenvalue weighted by Crippen LogP contribution is -1.93. The van der Waals surface area contributed by atoms with E-state index in [4.69, 9.17) is 0 Å². The Balaban J connectivity index is 2.61. The van der Waals surface area contributed by atoms with Gasteiger partial charge in [0, 0.05) is 5.56 Å². The number of phenols is 1. The summed E-state index contributed by atoms with van der Waals surface area (Å²) in [6.07, 6.45) is 2.83. The van der Waals surface area contributed by atoms with E-state index < -0.39 is 0 Å². The van der Waals surface area contributed by atoms with Gasteiger partial charge in [0.15, 0.2) is 0 Å². The first-order valence-corrected chi connectivity index (χ1v) is 7.13. The molecule has 2 rings (SSSR count). The quantitative estimate of drug-likeness (QED) is 0.835. The smallest absolute Gasteiger partial charge is 0.119 e. The Bertz CT molecular complexity index is 570. The number of aryl methyl sites for hydroxylation is 2. The standard InChI is InChI=1S/C18H22O/c1-4-13-8-7-9-15(10-13)17-11-14(5-2)12-18(19)16(17)6-3/h7-12,19H,4-6H2,1-3H3. The minimum absolute atomic E-state index is 0.429. The average Bonchev–Trinajstić information content (AvgIpc) is 2.46. The van der Waals surface area contributed by atoms with Gasteiger partial charge in [-0.2, -0.15) is 0 Å². The molecular weight excluding hydrogens is 232 g/mol. The molecule has 0 aliphatic carbocycles. The number of benzene rings is 2. The molecule has 0 radical (unpaired) electrons. The lowest BCUT2D eigenvalue weighted by Gasteiger charge is -2.13. The second-order valence-corrected chi connectivity index (χ2v) is 4.90. The van der Waals surface area contributed by atoms with Crippen molar-refractivity contribution >= 4 is 0 Å². The normalized spacial score (nSPS) is 10.7. The molecule has 0 spiro atoms. The molecule has 19 heavy (non-hydrogen) atoms. The van der Waals surface area contributed by atoms with Gasteiger partial charge in [-0.25, -0.2) is 0 Å². The molecule has 0 heterocycles. The molecule has 0 saturated carbocycles. The maximum atomic E-state index is 10.2. The summed E-state index contributed by atoms with van der Waals surface area (Å²) in [5.74, 6) is 0.429. The van der Waals surface area contributed by atoms with Gasteiger partial charge in [0.1, 0.15) is 5.75 Å². The second-order valence-electron chi connectivity index (χ2n) is 4.90. The highest BCUT2D eigenvalue weighted by Gasteiger charge is 2.10. The molecule has 0 aliphatic heterocycles. The third-order valence-electron chi connectivity index (χ3n) is 3.69. The highest BCUT2D eigenvalue weighted by Crippen LogP contribution is 2.33. The molecule has 0 amide bonds. The van der Waals surface area contributed by atoms with Gasteiger partial charge in [0.05, 0.1) is 0 Å². The summed E-state index contributed by atoms with van der Waals surface area (Å²) in [5, 5.41) is 10.2. The van der Waals surface area contributed by atoms with Gasteiger partial charge >= 0.3 is 0 Å². The number of hydrogen-bond donors (Lipinski definition) is 1. The molecule has 1 heteroatoms. The maximum Gasteiger partial charge on any atom is 0.119 e. The van der Waals surface area contributed by atoms with Crippen molar-refractivity contribution in [2.24, 2.45) is 0 Å². The van der Waals surface area contributed by atoms with Crippen LogP contribution in [0.15, 0.2) is 36.4 Å². The van der Waals surface area contributed by atoms with Crippen molar-refractivity contribution in [2.75, 3.05) is 0 Å². The number of phenolic OH excluding ortho intramolecular Hbond substituents is 1. The number of rotatable bonds is 4. The molecule has 0 aromatic heterocycles. The fourth-order valence-corrected chi connectivity index (χ4v) is 2.51. The summed E-state index contributed by atoms with van der Waals surface area (Å²) >= 11 is 0. The Labute approximate surface area is 115 Å². The van der Waals surface area contributed by atoms with E-state index in [1.807, 2.05) is 6.07 Å². The molecule has 0 saturated heterocycles. The largest absolute Gasteiger partial charge is 0.508 e. The van der Waals surface area contributed by atoms with Crippen LogP contribution in [-0.4, -0.2) is 5.11 Å². The zero-order valence-electron chi connectivity index (χ0n) is 12.0. The van der Waals surface area contributed by atoms with Gasteiger partial charge in [0.25, 0.3) is 0 Å². The number of hydrogen-bond acceptors (Lipinski definition) is 1. The van der Waals surface area contributed by atoms with Crippen molar-refractivity contribution in [3.63, 3.8) is 0 Å². The maximum absolute atomic E-state index is 10.2. The molecule has 100 valence electrons. The van der Waals surface area contributed by atoms with E-state index in [2.05, 4.69) is 51.1 Å². The molecule has 0 atom stereocenters. The van der Waals surface area contributed by atoms with Crippen LogP contribution in [0.2, 0.25) is 0 Å². The lowest BCUT2D eigenvalue weighted by atomic mass is 9.93. The van der Waals surface area contributed by atoms with Crippen molar-refractivity contribution in [3.05, 3.63) is 53.1 Å². The first-order valence-electron chi connectivity index (χ1n) is 7.13. The minimum atomic E-state index is 0.429. The van der Waals surface area contributed by atoms with Crippen LogP contribution in [0.5, 0.6) is 5.75 Å². The van der Waals surface area contributed by atoms with E-state index in [1.54, 1.807) is 0 Å². The van der Waals surface area contributed by atoms with Gasteiger partial charge in [0.2, 0.25) is 0 Å². The van der Waals surface area contributed by atoms with Gasteiger partial charge in [-0.15, -0.1) is 0 Å². The third-order valence-corrected chi connectivity index (χ3v) is 3.69. The summed E-state index contributed by atoms with van der Waals surface area (Å²) in [5.41, 5.74) is 5.95. The van der Waals surface area contributed by atoms with Crippen molar-refractivity contribution in [1.29, 1.82) is 0 Å².